The lowest BCUT2D eigenvalue weighted by Gasteiger charge is -2.38. The molecule has 0 saturated carbocycles. The van der Waals surface area contributed by atoms with Crippen LogP contribution in [0.4, 0.5) is 0 Å². The summed E-state index contributed by atoms with van der Waals surface area (Å²) >= 11 is 0. The van der Waals surface area contributed by atoms with E-state index in [9.17, 15) is 0 Å². The standard InChI is InChI=1S/C24H28/c1-4-5-18-24(21-12-8-6-9-13-21,22-14-10-7-11-15-22)23-17-16-19(2)20(23)3/h6-16H,4-5,17-18H2,1-3H3. The van der Waals surface area contributed by atoms with Gasteiger partial charge in [-0.15, -0.1) is 0 Å². The predicted octanol–water partition coefficient (Wildman–Crippen LogP) is 6.83. The fourth-order valence-corrected chi connectivity index (χ4v) is 4.14. The maximum Gasteiger partial charge on any atom is 0.0419 e. The van der Waals surface area contributed by atoms with Crippen molar-refractivity contribution in [2.75, 3.05) is 0 Å². The first-order valence-corrected chi connectivity index (χ1v) is 9.18. The van der Waals surface area contributed by atoms with E-state index in [1.807, 2.05) is 0 Å². The van der Waals surface area contributed by atoms with Crippen molar-refractivity contribution in [2.24, 2.45) is 0 Å². The van der Waals surface area contributed by atoms with Gasteiger partial charge in [-0.2, -0.15) is 0 Å². The summed E-state index contributed by atoms with van der Waals surface area (Å²) in [5.74, 6) is 0. The highest BCUT2D eigenvalue weighted by molar-refractivity contribution is 5.56. The van der Waals surface area contributed by atoms with E-state index in [-0.39, 0.29) is 5.41 Å². The molecular weight excluding hydrogens is 288 g/mol. The molecule has 2 aromatic rings. The number of hydrogen-bond acceptors (Lipinski definition) is 0. The molecule has 2 aromatic carbocycles. The third-order valence-electron chi connectivity index (χ3n) is 5.61. The second kappa shape index (κ2) is 7.21. The fraction of sp³-hybridized carbons (Fsp3) is 0.333. The van der Waals surface area contributed by atoms with Crippen molar-refractivity contribution in [1.29, 1.82) is 0 Å². The first-order valence-electron chi connectivity index (χ1n) is 9.18. The van der Waals surface area contributed by atoms with Crippen LogP contribution >= 0.6 is 0 Å². The van der Waals surface area contributed by atoms with Gasteiger partial charge < -0.3 is 0 Å². The van der Waals surface area contributed by atoms with Crippen LogP contribution in [0.3, 0.4) is 0 Å². The van der Waals surface area contributed by atoms with E-state index >= 15 is 0 Å². The smallest absolute Gasteiger partial charge is 0.0419 e. The molecule has 0 aliphatic heterocycles. The Bertz CT molecular complexity index is 693. The summed E-state index contributed by atoms with van der Waals surface area (Å²) in [5.41, 5.74) is 7.38. The first kappa shape index (κ1) is 16.8. The summed E-state index contributed by atoms with van der Waals surface area (Å²) in [6.07, 6.45) is 7.10. The van der Waals surface area contributed by atoms with Gasteiger partial charge in [-0.05, 0) is 49.0 Å². The lowest BCUT2D eigenvalue weighted by molar-refractivity contribution is 0.509. The number of hydrogen-bond donors (Lipinski definition) is 0. The Morgan fingerprint density at radius 2 is 1.38 bits per heavy atom. The van der Waals surface area contributed by atoms with E-state index < -0.39 is 0 Å². The van der Waals surface area contributed by atoms with Crippen molar-refractivity contribution in [3.8, 4) is 0 Å². The van der Waals surface area contributed by atoms with Crippen molar-refractivity contribution >= 4 is 0 Å². The monoisotopic (exact) mass is 316 g/mol. The summed E-state index contributed by atoms with van der Waals surface area (Å²) < 4.78 is 0. The van der Waals surface area contributed by atoms with Crippen LogP contribution in [0.2, 0.25) is 0 Å². The lowest BCUT2D eigenvalue weighted by atomic mass is 9.65. The highest BCUT2D eigenvalue weighted by Gasteiger charge is 2.39. The molecule has 0 aromatic heterocycles. The summed E-state index contributed by atoms with van der Waals surface area (Å²) in [6.45, 7) is 6.85. The molecule has 1 aliphatic rings. The van der Waals surface area contributed by atoms with Gasteiger partial charge in [0.15, 0.2) is 0 Å². The fourth-order valence-electron chi connectivity index (χ4n) is 4.14. The second-order valence-electron chi connectivity index (χ2n) is 6.94. The molecule has 0 saturated heterocycles. The number of benzene rings is 2. The second-order valence-corrected chi connectivity index (χ2v) is 6.94. The van der Waals surface area contributed by atoms with E-state index in [4.69, 9.17) is 0 Å². The van der Waals surface area contributed by atoms with Crippen LogP contribution in [0.1, 0.15) is 57.6 Å². The van der Waals surface area contributed by atoms with Crippen LogP contribution in [0, 0.1) is 0 Å². The molecule has 0 radical (unpaired) electrons. The molecule has 0 heterocycles. The first-order chi connectivity index (χ1) is 11.7. The zero-order valence-corrected chi connectivity index (χ0v) is 15.2. The summed E-state index contributed by atoms with van der Waals surface area (Å²) in [6, 6.07) is 22.2. The van der Waals surface area contributed by atoms with Crippen molar-refractivity contribution < 1.29 is 0 Å². The molecule has 0 heteroatoms. The molecule has 0 unspecified atom stereocenters. The van der Waals surface area contributed by atoms with E-state index in [1.165, 1.54) is 41.5 Å². The molecule has 0 N–H and O–H groups in total. The molecule has 0 fully saturated rings. The van der Waals surface area contributed by atoms with E-state index in [1.54, 1.807) is 5.57 Å². The van der Waals surface area contributed by atoms with Gasteiger partial charge in [0.25, 0.3) is 0 Å². The normalized spacial score (nSPS) is 14.9. The van der Waals surface area contributed by atoms with E-state index in [0.717, 1.165) is 6.42 Å². The Morgan fingerprint density at radius 3 is 1.79 bits per heavy atom. The number of unbranched alkanes of at least 4 members (excludes halogenated alkanes) is 1. The highest BCUT2D eigenvalue weighted by Crippen LogP contribution is 2.49. The topological polar surface area (TPSA) is 0 Å². The third-order valence-corrected chi connectivity index (χ3v) is 5.61. The van der Waals surface area contributed by atoms with Gasteiger partial charge in [-0.25, -0.2) is 0 Å². The van der Waals surface area contributed by atoms with Crippen molar-refractivity contribution in [1.82, 2.24) is 0 Å². The molecule has 0 amide bonds. The van der Waals surface area contributed by atoms with Crippen LogP contribution < -0.4 is 0 Å². The Balaban J connectivity index is 2.26. The molecule has 0 nitrogen and oxygen atoms in total. The average Bonchev–Trinajstić information content (AvgIpc) is 2.97. The number of rotatable bonds is 6. The van der Waals surface area contributed by atoms with Gasteiger partial charge in [0.2, 0.25) is 0 Å². The van der Waals surface area contributed by atoms with Crippen LogP contribution in [0.5, 0.6) is 0 Å². The quantitative estimate of drug-likeness (QED) is 0.548. The van der Waals surface area contributed by atoms with E-state index in [2.05, 4.69) is 87.5 Å². The van der Waals surface area contributed by atoms with Crippen LogP contribution in [0.25, 0.3) is 0 Å². The minimum atomic E-state index is -0.00310. The van der Waals surface area contributed by atoms with Gasteiger partial charge in [0.05, 0.1) is 0 Å². The van der Waals surface area contributed by atoms with Crippen molar-refractivity contribution in [3.63, 3.8) is 0 Å². The SMILES string of the molecule is CCCCC(C1=C(C)C(C)=CC1)(c1ccccc1)c1ccccc1. The molecule has 1 aliphatic carbocycles. The number of allylic oxidation sites excluding steroid dienone is 4. The van der Waals surface area contributed by atoms with Gasteiger partial charge in [-0.3, -0.25) is 0 Å². The maximum atomic E-state index is 2.40. The van der Waals surface area contributed by atoms with Gasteiger partial charge in [0.1, 0.15) is 0 Å². The summed E-state index contributed by atoms with van der Waals surface area (Å²) in [5, 5.41) is 0. The molecular formula is C24H28. The van der Waals surface area contributed by atoms with Gasteiger partial charge >= 0.3 is 0 Å². The summed E-state index contributed by atoms with van der Waals surface area (Å²) in [7, 11) is 0. The van der Waals surface area contributed by atoms with Crippen LogP contribution in [-0.2, 0) is 5.41 Å². The Kier molecular flexibility index (Phi) is 5.04. The molecule has 124 valence electrons. The van der Waals surface area contributed by atoms with Crippen molar-refractivity contribution in [2.45, 2.75) is 51.9 Å². The largest absolute Gasteiger partial charge is 0.0772 e. The van der Waals surface area contributed by atoms with Gasteiger partial charge in [-0.1, -0.05) is 92.1 Å². The lowest BCUT2D eigenvalue weighted by Crippen LogP contribution is -2.30. The molecule has 0 atom stereocenters. The van der Waals surface area contributed by atoms with E-state index in [0.29, 0.717) is 0 Å². The molecule has 24 heavy (non-hydrogen) atoms. The van der Waals surface area contributed by atoms with Crippen molar-refractivity contribution in [3.05, 3.63) is 94.6 Å². The van der Waals surface area contributed by atoms with Crippen LogP contribution in [0.15, 0.2) is 83.5 Å². The minimum absolute atomic E-state index is 0.00310. The molecule has 0 bridgehead atoms. The molecule has 0 spiro atoms. The zero-order valence-electron chi connectivity index (χ0n) is 15.2. The third kappa shape index (κ3) is 2.86. The maximum absolute atomic E-state index is 2.40. The summed E-state index contributed by atoms with van der Waals surface area (Å²) in [4.78, 5) is 0. The van der Waals surface area contributed by atoms with Crippen LogP contribution in [-0.4, -0.2) is 0 Å². The highest BCUT2D eigenvalue weighted by atomic mass is 14.4. The Hall–Kier alpha value is -2.08. The zero-order chi connectivity index (χ0) is 17.0. The van der Waals surface area contributed by atoms with Gasteiger partial charge in [0, 0.05) is 5.41 Å². The predicted molar refractivity (Wildman–Crippen MR) is 104 cm³/mol. The average molecular weight is 316 g/mol. The Labute approximate surface area is 146 Å². The molecule has 3 rings (SSSR count). The minimum Gasteiger partial charge on any atom is -0.0772 e. The Morgan fingerprint density at radius 1 is 0.833 bits per heavy atom.